The average Bonchev–Trinajstić information content (AvgIpc) is 2.72. The van der Waals surface area contributed by atoms with E-state index in [1.54, 1.807) is 18.2 Å². The third kappa shape index (κ3) is 4.95. The number of hydrogen-bond donors (Lipinski definition) is 1. The van der Waals surface area contributed by atoms with Crippen LogP contribution in [0.5, 0.6) is 5.75 Å². The highest BCUT2D eigenvalue weighted by Gasteiger charge is 2.26. The molecule has 0 heterocycles. The predicted molar refractivity (Wildman–Crippen MR) is 122 cm³/mol. The molecule has 1 N–H and O–H groups in total. The molecule has 164 valence electrons. The summed E-state index contributed by atoms with van der Waals surface area (Å²) in [5.74, 6) is 0.203. The molecule has 0 spiro atoms. The standard InChI is InChI=1S/C21H21ClN2O5S2/c1-15-5-4-6-17(13-15)23-30(25,26)19-11-12-21(29-3)20(14-19)24(2)31(27,28)18-9-7-16(22)8-10-18/h4-14,23H,1-3H3. The first-order chi connectivity index (χ1) is 14.5. The highest BCUT2D eigenvalue weighted by atomic mass is 35.5. The van der Waals surface area contributed by atoms with Gasteiger partial charge in [-0.2, -0.15) is 0 Å². The van der Waals surface area contributed by atoms with Gasteiger partial charge < -0.3 is 4.74 Å². The van der Waals surface area contributed by atoms with Gasteiger partial charge in [-0.05, 0) is 67.1 Å². The minimum absolute atomic E-state index is 0.00704. The quantitative estimate of drug-likeness (QED) is 0.544. The molecule has 10 heteroatoms. The molecule has 3 rings (SSSR count). The fraction of sp³-hybridized carbons (Fsp3) is 0.143. The topological polar surface area (TPSA) is 92.8 Å². The van der Waals surface area contributed by atoms with E-state index in [-0.39, 0.29) is 21.2 Å². The number of rotatable bonds is 7. The Balaban J connectivity index is 2.03. The number of nitrogens with one attached hydrogen (secondary N) is 1. The second-order valence-corrected chi connectivity index (χ2v) is 10.8. The molecule has 7 nitrogen and oxygen atoms in total. The second kappa shape index (κ2) is 8.78. The highest BCUT2D eigenvalue weighted by Crippen LogP contribution is 2.34. The van der Waals surface area contributed by atoms with Crippen molar-refractivity contribution in [2.24, 2.45) is 0 Å². The van der Waals surface area contributed by atoms with E-state index in [1.165, 1.54) is 56.6 Å². The molecule has 0 radical (unpaired) electrons. The zero-order chi connectivity index (χ0) is 22.8. The Labute approximate surface area is 187 Å². The first-order valence-corrected chi connectivity index (χ1v) is 12.4. The fourth-order valence-electron chi connectivity index (χ4n) is 2.90. The molecule has 0 aliphatic heterocycles. The van der Waals surface area contributed by atoms with Gasteiger partial charge in [0.25, 0.3) is 20.0 Å². The van der Waals surface area contributed by atoms with E-state index >= 15 is 0 Å². The smallest absolute Gasteiger partial charge is 0.264 e. The molecular weight excluding hydrogens is 460 g/mol. The molecule has 0 atom stereocenters. The van der Waals surface area contributed by atoms with Crippen molar-refractivity contribution < 1.29 is 21.6 Å². The van der Waals surface area contributed by atoms with E-state index in [4.69, 9.17) is 16.3 Å². The third-order valence-electron chi connectivity index (χ3n) is 4.54. The molecule has 0 saturated carbocycles. The van der Waals surface area contributed by atoms with Crippen molar-refractivity contribution in [1.29, 1.82) is 0 Å². The van der Waals surface area contributed by atoms with Gasteiger partial charge in [0.15, 0.2) is 0 Å². The summed E-state index contributed by atoms with van der Waals surface area (Å²) < 4.78 is 60.7. The molecule has 0 bridgehead atoms. The van der Waals surface area contributed by atoms with Gasteiger partial charge in [-0.1, -0.05) is 23.7 Å². The van der Waals surface area contributed by atoms with E-state index in [0.29, 0.717) is 10.7 Å². The summed E-state index contributed by atoms with van der Waals surface area (Å²) in [4.78, 5) is -0.101. The molecule has 3 aromatic rings. The van der Waals surface area contributed by atoms with Gasteiger partial charge in [-0.25, -0.2) is 16.8 Å². The van der Waals surface area contributed by atoms with Crippen molar-refractivity contribution in [2.75, 3.05) is 23.2 Å². The Morgan fingerprint density at radius 3 is 2.16 bits per heavy atom. The minimum atomic E-state index is -3.99. The highest BCUT2D eigenvalue weighted by molar-refractivity contribution is 7.93. The summed E-state index contributed by atoms with van der Waals surface area (Å²) in [5, 5.41) is 0.398. The number of aryl methyl sites for hydroxylation is 1. The average molecular weight is 481 g/mol. The monoisotopic (exact) mass is 480 g/mol. The Morgan fingerprint density at radius 2 is 1.55 bits per heavy atom. The lowest BCUT2D eigenvalue weighted by atomic mass is 10.2. The lowest BCUT2D eigenvalue weighted by Crippen LogP contribution is -2.27. The van der Waals surface area contributed by atoms with E-state index in [2.05, 4.69) is 4.72 Å². The summed E-state index contributed by atoms with van der Waals surface area (Å²) in [6, 6.07) is 16.6. The van der Waals surface area contributed by atoms with Crippen molar-refractivity contribution in [3.63, 3.8) is 0 Å². The number of hydrogen-bond acceptors (Lipinski definition) is 5. The maximum atomic E-state index is 13.1. The van der Waals surface area contributed by atoms with Gasteiger partial charge in [0.05, 0.1) is 22.6 Å². The second-order valence-electron chi connectivity index (χ2n) is 6.74. The van der Waals surface area contributed by atoms with Crippen LogP contribution in [0.1, 0.15) is 5.56 Å². The zero-order valence-corrected chi connectivity index (χ0v) is 19.4. The van der Waals surface area contributed by atoms with Crippen LogP contribution in [0.4, 0.5) is 11.4 Å². The number of methoxy groups -OCH3 is 1. The number of halogens is 1. The van der Waals surface area contributed by atoms with Gasteiger partial charge in [-0.15, -0.1) is 0 Å². The number of nitrogens with zero attached hydrogens (tertiary/aromatic N) is 1. The van der Waals surface area contributed by atoms with Crippen LogP contribution in [0.25, 0.3) is 0 Å². The summed E-state index contributed by atoms with van der Waals surface area (Å²) in [5.41, 5.74) is 1.37. The maximum Gasteiger partial charge on any atom is 0.264 e. The predicted octanol–water partition coefficient (Wildman–Crippen LogP) is 4.28. The van der Waals surface area contributed by atoms with Crippen LogP contribution in [-0.4, -0.2) is 31.0 Å². The van der Waals surface area contributed by atoms with Gasteiger partial charge in [-0.3, -0.25) is 9.03 Å². The summed E-state index contributed by atoms with van der Waals surface area (Å²) in [6.45, 7) is 1.85. The Bertz CT molecular complexity index is 1310. The van der Waals surface area contributed by atoms with Gasteiger partial charge in [0, 0.05) is 17.8 Å². The Hall–Kier alpha value is -2.75. The normalized spacial score (nSPS) is 11.7. The fourth-order valence-corrected chi connectivity index (χ4v) is 5.29. The molecule has 0 aliphatic rings. The van der Waals surface area contributed by atoms with Crippen LogP contribution in [0, 0.1) is 6.92 Å². The van der Waals surface area contributed by atoms with Crippen molar-refractivity contribution in [2.45, 2.75) is 16.7 Å². The molecular formula is C21H21ClN2O5S2. The first kappa shape index (κ1) is 22.9. The van der Waals surface area contributed by atoms with E-state index in [1.807, 2.05) is 13.0 Å². The minimum Gasteiger partial charge on any atom is -0.495 e. The van der Waals surface area contributed by atoms with Crippen molar-refractivity contribution >= 4 is 43.0 Å². The zero-order valence-electron chi connectivity index (χ0n) is 17.0. The number of anilines is 2. The van der Waals surface area contributed by atoms with Crippen LogP contribution in [0.2, 0.25) is 5.02 Å². The first-order valence-electron chi connectivity index (χ1n) is 9.06. The Morgan fingerprint density at radius 1 is 0.903 bits per heavy atom. The van der Waals surface area contributed by atoms with Gasteiger partial charge >= 0.3 is 0 Å². The molecule has 0 aliphatic carbocycles. The van der Waals surface area contributed by atoms with E-state index in [0.717, 1.165) is 9.87 Å². The lowest BCUT2D eigenvalue weighted by Gasteiger charge is -2.22. The molecule has 3 aromatic carbocycles. The summed E-state index contributed by atoms with van der Waals surface area (Å²) in [7, 11) is -5.26. The molecule has 0 fully saturated rings. The molecule has 0 saturated heterocycles. The van der Waals surface area contributed by atoms with Crippen LogP contribution in [-0.2, 0) is 20.0 Å². The van der Waals surface area contributed by atoms with Crippen molar-refractivity contribution in [1.82, 2.24) is 0 Å². The maximum absolute atomic E-state index is 13.1. The SMILES string of the molecule is COc1ccc(S(=O)(=O)Nc2cccc(C)c2)cc1N(C)S(=O)(=O)c1ccc(Cl)cc1. The van der Waals surface area contributed by atoms with Crippen LogP contribution < -0.4 is 13.8 Å². The van der Waals surface area contributed by atoms with Crippen LogP contribution in [0.15, 0.2) is 76.5 Å². The summed E-state index contributed by atoms with van der Waals surface area (Å²) in [6.07, 6.45) is 0. The van der Waals surface area contributed by atoms with Crippen LogP contribution >= 0.6 is 11.6 Å². The molecule has 0 aromatic heterocycles. The van der Waals surface area contributed by atoms with E-state index < -0.39 is 20.0 Å². The third-order valence-corrected chi connectivity index (χ3v) is 7.96. The molecule has 0 unspecified atom stereocenters. The number of sulfonamides is 2. The number of benzene rings is 3. The lowest BCUT2D eigenvalue weighted by molar-refractivity contribution is 0.415. The van der Waals surface area contributed by atoms with E-state index in [9.17, 15) is 16.8 Å². The van der Waals surface area contributed by atoms with Crippen molar-refractivity contribution in [3.8, 4) is 5.75 Å². The summed E-state index contributed by atoms with van der Waals surface area (Å²) >= 11 is 5.85. The largest absolute Gasteiger partial charge is 0.495 e. The molecule has 0 amide bonds. The van der Waals surface area contributed by atoms with Crippen molar-refractivity contribution in [3.05, 3.63) is 77.3 Å². The molecule has 31 heavy (non-hydrogen) atoms. The number of ether oxygens (including phenoxy) is 1. The van der Waals surface area contributed by atoms with Gasteiger partial charge in [0.2, 0.25) is 0 Å². The Kier molecular flexibility index (Phi) is 6.49. The van der Waals surface area contributed by atoms with Gasteiger partial charge in [0.1, 0.15) is 5.75 Å². The van der Waals surface area contributed by atoms with Crippen LogP contribution in [0.3, 0.4) is 0 Å².